The number of Topliss-reactive ketones (excluding diaryl/α,β-unsaturated/α-hetero) is 1. The molecule has 0 aromatic heterocycles. The van der Waals surface area contributed by atoms with E-state index < -0.39 is 5.54 Å². The molecule has 18 heavy (non-hydrogen) atoms. The number of para-hydroxylation sites is 1. The normalized spacial score (nSPS) is 11.7. The fraction of sp³-hybridized carbons (Fsp3) is 0.533. The minimum Gasteiger partial charge on any atom is -0.490 e. The molecule has 0 aliphatic heterocycles. The number of carbonyl (C=O) groups excluding carboxylic acids is 1. The highest BCUT2D eigenvalue weighted by molar-refractivity contribution is 6.05. The molecule has 0 saturated carbocycles. The van der Waals surface area contributed by atoms with Crippen LogP contribution in [0.15, 0.2) is 24.3 Å². The topological polar surface area (TPSA) is 52.3 Å². The minimum atomic E-state index is -0.795. The van der Waals surface area contributed by atoms with Crippen molar-refractivity contribution in [3.05, 3.63) is 29.8 Å². The van der Waals surface area contributed by atoms with Crippen LogP contribution in [0, 0.1) is 0 Å². The molecule has 0 amide bonds. The summed E-state index contributed by atoms with van der Waals surface area (Å²) in [5.74, 6) is 0.581. The first-order valence-corrected chi connectivity index (χ1v) is 6.54. The van der Waals surface area contributed by atoms with Crippen molar-refractivity contribution >= 4 is 5.78 Å². The highest BCUT2D eigenvalue weighted by atomic mass is 16.5. The molecule has 0 unspecified atom stereocenters. The number of nitrogens with two attached hydrogens (primary N) is 1. The highest BCUT2D eigenvalue weighted by Crippen LogP contribution is 2.26. The van der Waals surface area contributed by atoms with Gasteiger partial charge in [0.25, 0.3) is 0 Å². The molecule has 3 nitrogen and oxygen atoms in total. The average Bonchev–Trinajstić information content (AvgIpc) is 2.37. The number of rotatable bonds is 6. The molecule has 1 rings (SSSR count). The van der Waals surface area contributed by atoms with Crippen molar-refractivity contribution in [3.8, 4) is 5.75 Å². The molecule has 3 heteroatoms. The largest absolute Gasteiger partial charge is 0.490 e. The number of benzene rings is 1. The number of ketones is 1. The van der Waals surface area contributed by atoms with E-state index in [0.717, 1.165) is 0 Å². The quantitative estimate of drug-likeness (QED) is 0.788. The Kier molecular flexibility index (Phi) is 4.91. The third-order valence-electron chi connectivity index (χ3n) is 3.21. The van der Waals surface area contributed by atoms with Crippen LogP contribution in [0.25, 0.3) is 0 Å². The van der Waals surface area contributed by atoms with Gasteiger partial charge in [-0.2, -0.15) is 0 Å². The Morgan fingerprint density at radius 2 is 1.83 bits per heavy atom. The Morgan fingerprint density at radius 1 is 1.28 bits per heavy atom. The van der Waals surface area contributed by atoms with Gasteiger partial charge in [0.1, 0.15) is 5.75 Å². The van der Waals surface area contributed by atoms with Crippen molar-refractivity contribution in [1.29, 1.82) is 0 Å². The molecule has 0 spiro atoms. The van der Waals surface area contributed by atoms with Gasteiger partial charge in [0.05, 0.1) is 17.2 Å². The predicted molar refractivity (Wildman–Crippen MR) is 74.0 cm³/mol. The van der Waals surface area contributed by atoms with Gasteiger partial charge in [-0.25, -0.2) is 0 Å². The molecule has 1 aromatic rings. The first kappa shape index (κ1) is 14.7. The lowest BCUT2D eigenvalue weighted by Gasteiger charge is -2.26. The van der Waals surface area contributed by atoms with Crippen molar-refractivity contribution in [1.82, 2.24) is 0 Å². The van der Waals surface area contributed by atoms with Crippen molar-refractivity contribution in [2.75, 3.05) is 0 Å². The van der Waals surface area contributed by atoms with E-state index >= 15 is 0 Å². The summed E-state index contributed by atoms with van der Waals surface area (Å²) in [6.07, 6.45) is 1.28. The maximum Gasteiger partial charge on any atom is 0.186 e. The van der Waals surface area contributed by atoms with E-state index in [9.17, 15) is 4.79 Å². The van der Waals surface area contributed by atoms with E-state index in [-0.39, 0.29) is 11.9 Å². The molecular weight excluding hydrogens is 226 g/mol. The van der Waals surface area contributed by atoms with Gasteiger partial charge in [-0.15, -0.1) is 0 Å². The summed E-state index contributed by atoms with van der Waals surface area (Å²) >= 11 is 0. The van der Waals surface area contributed by atoms with E-state index in [1.165, 1.54) is 0 Å². The smallest absolute Gasteiger partial charge is 0.186 e. The van der Waals surface area contributed by atoms with Crippen LogP contribution in [0.4, 0.5) is 0 Å². The first-order chi connectivity index (χ1) is 8.44. The van der Waals surface area contributed by atoms with Gasteiger partial charge in [0.2, 0.25) is 0 Å². The van der Waals surface area contributed by atoms with E-state index in [0.29, 0.717) is 24.2 Å². The Hall–Kier alpha value is -1.35. The second-order valence-corrected chi connectivity index (χ2v) is 4.86. The second-order valence-electron chi connectivity index (χ2n) is 4.86. The predicted octanol–water partition coefficient (Wildman–Crippen LogP) is 3.17. The van der Waals surface area contributed by atoms with Gasteiger partial charge in [0.15, 0.2) is 5.78 Å². The van der Waals surface area contributed by atoms with E-state index in [2.05, 4.69) is 0 Å². The zero-order valence-electron chi connectivity index (χ0n) is 11.7. The number of ether oxygens (including phenoxy) is 1. The monoisotopic (exact) mass is 249 g/mol. The number of hydrogen-bond acceptors (Lipinski definition) is 3. The number of carbonyl (C=O) groups is 1. The Balaban J connectivity index is 3.12. The molecular formula is C15H23NO2. The fourth-order valence-corrected chi connectivity index (χ4v) is 1.85. The first-order valence-electron chi connectivity index (χ1n) is 6.54. The molecule has 0 fully saturated rings. The Labute approximate surface area is 109 Å². The van der Waals surface area contributed by atoms with Crippen LogP contribution in [0.2, 0.25) is 0 Å². The van der Waals surface area contributed by atoms with E-state index in [1.807, 2.05) is 45.9 Å². The van der Waals surface area contributed by atoms with Gasteiger partial charge in [-0.3, -0.25) is 4.79 Å². The fourth-order valence-electron chi connectivity index (χ4n) is 1.85. The summed E-state index contributed by atoms with van der Waals surface area (Å²) in [6.45, 7) is 7.76. The maximum absolute atomic E-state index is 12.5. The molecule has 0 atom stereocenters. The summed E-state index contributed by atoms with van der Waals surface area (Å²) in [4.78, 5) is 12.5. The maximum atomic E-state index is 12.5. The molecule has 100 valence electrons. The standard InChI is InChI=1S/C15H23NO2/c1-5-15(16,6-2)14(17)12-9-7-8-10-13(12)18-11(3)4/h7-11H,5-6,16H2,1-4H3. The summed E-state index contributed by atoms with van der Waals surface area (Å²) in [6, 6.07) is 7.31. The third kappa shape index (κ3) is 3.10. The van der Waals surface area contributed by atoms with Crippen LogP contribution in [-0.2, 0) is 0 Å². The summed E-state index contributed by atoms with van der Waals surface area (Å²) < 4.78 is 5.67. The molecule has 1 aromatic carbocycles. The highest BCUT2D eigenvalue weighted by Gasteiger charge is 2.32. The Bertz CT molecular complexity index is 409. The van der Waals surface area contributed by atoms with E-state index in [1.54, 1.807) is 6.07 Å². The summed E-state index contributed by atoms with van der Waals surface area (Å²) in [5, 5.41) is 0. The Morgan fingerprint density at radius 3 is 2.33 bits per heavy atom. The van der Waals surface area contributed by atoms with Gasteiger partial charge in [-0.05, 0) is 38.8 Å². The van der Waals surface area contributed by atoms with Crippen molar-refractivity contribution in [2.24, 2.45) is 5.73 Å². The molecule has 0 aliphatic rings. The van der Waals surface area contributed by atoms with Crippen LogP contribution in [0.3, 0.4) is 0 Å². The SMILES string of the molecule is CCC(N)(CC)C(=O)c1ccccc1OC(C)C. The lowest BCUT2D eigenvalue weighted by atomic mass is 9.85. The molecule has 0 saturated heterocycles. The summed E-state index contributed by atoms with van der Waals surface area (Å²) in [7, 11) is 0. The molecule has 2 N–H and O–H groups in total. The van der Waals surface area contributed by atoms with Crippen LogP contribution >= 0.6 is 0 Å². The summed E-state index contributed by atoms with van der Waals surface area (Å²) in [5.41, 5.74) is 5.95. The molecule has 0 bridgehead atoms. The lowest BCUT2D eigenvalue weighted by molar-refractivity contribution is 0.0873. The van der Waals surface area contributed by atoms with E-state index in [4.69, 9.17) is 10.5 Å². The average molecular weight is 249 g/mol. The zero-order chi connectivity index (χ0) is 13.8. The van der Waals surface area contributed by atoms with Crippen molar-refractivity contribution in [2.45, 2.75) is 52.2 Å². The zero-order valence-corrected chi connectivity index (χ0v) is 11.7. The van der Waals surface area contributed by atoms with Crippen LogP contribution < -0.4 is 10.5 Å². The lowest BCUT2D eigenvalue weighted by Crippen LogP contribution is -2.46. The van der Waals surface area contributed by atoms with Crippen molar-refractivity contribution < 1.29 is 9.53 Å². The molecule has 0 heterocycles. The van der Waals surface area contributed by atoms with Crippen LogP contribution in [-0.4, -0.2) is 17.4 Å². The molecule has 0 aliphatic carbocycles. The van der Waals surface area contributed by atoms with Gasteiger partial charge in [-0.1, -0.05) is 26.0 Å². The minimum absolute atomic E-state index is 0.0365. The van der Waals surface area contributed by atoms with Gasteiger partial charge < -0.3 is 10.5 Å². The third-order valence-corrected chi connectivity index (χ3v) is 3.21. The van der Waals surface area contributed by atoms with Crippen LogP contribution in [0.1, 0.15) is 50.9 Å². The molecule has 0 radical (unpaired) electrons. The number of hydrogen-bond donors (Lipinski definition) is 1. The van der Waals surface area contributed by atoms with Crippen molar-refractivity contribution in [3.63, 3.8) is 0 Å². The van der Waals surface area contributed by atoms with Crippen LogP contribution in [0.5, 0.6) is 5.75 Å². The van der Waals surface area contributed by atoms with Gasteiger partial charge in [0, 0.05) is 0 Å². The second kappa shape index (κ2) is 6.01. The van der Waals surface area contributed by atoms with Gasteiger partial charge >= 0.3 is 0 Å².